The molecule has 1 saturated heterocycles. The van der Waals surface area contributed by atoms with Crippen molar-refractivity contribution < 1.29 is 19.0 Å². The fourth-order valence-corrected chi connectivity index (χ4v) is 3.80. The third-order valence-corrected chi connectivity index (χ3v) is 5.57. The Morgan fingerprint density at radius 2 is 1.67 bits per heavy atom. The zero-order valence-corrected chi connectivity index (χ0v) is 17.4. The highest BCUT2D eigenvalue weighted by atomic mass is 16.7. The lowest BCUT2D eigenvalue weighted by atomic mass is 10.1. The minimum Gasteiger partial charge on any atom is -0.497 e. The number of rotatable bonds is 8. The minimum absolute atomic E-state index is 0.0905. The lowest BCUT2D eigenvalue weighted by molar-refractivity contribution is -0.122. The van der Waals surface area contributed by atoms with Crippen molar-refractivity contribution in [2.45, 2.75) is 13.0 Å². The van der Waals surface area contributed by atoms with Gasteiger partial charge in [0.1, 0.15) is 5.75 Å². The number of hydrogen-bond donors (Lipinski definition) is 1. The summed E-state index contributed by atoms with van der Waals surface area (Å²) in [5.74, 6) is 2.59. The van der Waals surface area contributed by atoms with Gasteiger partial charge in [0.15, 0.2) is 11.5 Å². The van der Waals surface area contributed by atoms with Crippen LogP contribution in [0.25, 0.3) is 0 Å². The normalized spacial score (nSPS) is 16.4. The average Bonchev–Trinajstić information content (AvgIpc) is 3.23. The number of nitrogens with one attached hydrogen (secondary N) is 1. The molecule has 0 atom stereocenters. The van der Waals surface area contributed by atoms with Gasteiger partial charge < -0.3 is 19.5 Å². The molecular weight excluding hydrogens is 382 g/mol. The molecule has 0 unspecified atom stereocenters. The van der Waals surface area contributed by atoms with Crippen LogP contribution in [0.2, 0.25) is 0 Å². The predicted molar refractivity (Wildman–Crippen MR) is 114 cm³/mol. The van der Waals surface area contributed by atoms with Gasteiger partial charge in [-0.2, -0.15) is 0 Å². The highest BCUT2D eigenvalue weighted by Gasteiger charge is 2.20. The number of carbonyl (C=O) groups excluding carboxylic acids is 1. The van der Waals surface area contributed by atoms with E-state index in [-0.39, 0.29) is 5.91 Å². The van der Waals surface area contributed by atoms with E-state index in [9.17, 15) is 4.79 Å². The van der Waals surface area contributed by atoms with Gasteiger partial charge in [-0.1, -0.05) is 18.2 Å². The molecule has 0 bridgehead atoms. The summed E-state index contributed by atoms with van der Waals surface area (Å²) in [6.07, 6.45) is 0.818. The van der Waals surface area contributed by atoms with Gasteiger partial charge >= 0.3 is 0 Å². The second-order valence-electron chi connectivity index (χ2n) is 7.69. The summed E-state index contributed by atoms with van der Waals surface area (Å²) in [6, 6.07) is 14.1. The molecule has 7 heteroatoms. The molecule has 0 saturated carbocycles. The quantitative estimate of drug-likeness (QED) is 0.716. The van der Waals surface area contributed by atoms with Crippen molar-refractivity contribution >= 4 is 5.91 Å². The van der Waals surface area contributed by atoms with Crippen LogP contribution >= 0.6 is 0 Å². The van der Waals surface area contributed by atoms with Crippen LogP contribution in [0.5, 0.6) is 17.2 Å². The first-order chi connectivity index (χ1) is 14.7. The van der Waals surface area contributed by atoms with E-state index < -0.39 is 0 Å². The summed E-state index contributed by atoms with van der Waals surface area (Å²) in [6.45, 7) is 6.00. The second-order valence-corrected chi connectivity index (χ2v) is 7.69. The highest BCUT2D eigenvalue weighted by molar-refractivity contribution is 5.78. The molecule has 0 spiro atoms. The standard InChI is InChI=1S/C23H29N3O4/c1-28-20-5-2-18(3-6-20)8-9-24-23(27)16-26-12-10-25(11-13-26)15-19-4-7-21-22(14-19)30-17-29-21/h2-7,14H,8-13,15-17H2,1H3,(H,24,27). The Hall–Kier alpha value is -2.77. The number of hydrogen-bond acceptors (Lipinski definition) is 6. The smallest absolute Gasteiger partial charge is 0.234 e. The summed E-state index contributed by atoms with van der Waals surface area (Å²) in [5, 5.41) is 3.03. The minimum atomic E-state index is 0.0905. The first-order valence-electron chi connectivity index (χ1n) is 10.4. The Bertz CT molecular complexity index is 848. The van der Waals surface area contributed by atoms with Crippen molar-refractivity contribution in [3.8, 4) is 17.2 Å². The van der Waals surface area contributed by atoms with E-state index in [1.807, 2.05) is 30.3 Å². The van der Waals surface area contributed by atoms with Crippen molar-refractivity contribution in [1.29, 1.82) is 0 Å². The van der Waals surface area contributed by atoms with Gasteiger partial charge in [-0.25, -0.2) is 0 Å². The van der Waals surface area contributed by atoms with Gasteiger partial charge in [0, 0.05) is 39.3 Å². The number of methoxy groups -OCH3 is 1. The molecule has 1 N–H and O–H groups in total. The van der Waals surface area contributed by atoms with Crippen LogP contribution in [-0.4, -0.2) is 68.9 Å². The van der Waals surface area contributed by atoms with E-state index in [0.717, 1.165) is 56.4 Å². The van der Waals surface area contributed by atoms with Crippen LogP contribution in [0.1, 0.15) is 11.1 Å². The van der Waals surface area contributed by atoms with E-state index >= 15 is 0 Å². The van der Waals surface area contributed by atoms with Crippen LogP contribution in [0.4, 0.5) is 0 Å². The molecule has 2 aliphatic heterocycles. The molecule has 2 aromatic rings. The van der Waals surface area contributed by atoms with Gasteiger partial charge in [0.2, 0.25) is 12.7 Å². The first kappa shape index (κ1) is 20.5. The fraction of sp³-hybridized carbons (Fsp3) is 0.435. The van der Waals surface area contributed by atoms with Crippen molar-refractivity contribution in [1.82, 2.24) is 15.1 Å². The fourth-order valence-electron chi connectivity index (χ4n) is 3.80. The summed E-state index contributed by atoms with van der Waals surface area (Å²) >= 11 is 0. The maximum atomic E-state index is 12.3. The zero-order chi connectivity index (χ0) is 20.8. The van der Waals surface area contributed by atoms with Gasteiger partial charge in [0.05, 0.1) is 13.7 Å². The van der Waals surface area contributed by atoms with Crippen LogP contribution in [-0.2, 0) is 17.8 Å². The SMILES string of the molecule is COc1ccc(CCNC(=O)CN2CCN(Cc3ccc4c(c3)OCO4)CC2)cc1. The molecule has 0 aromatic heterocycles. The number of nitrogens with zero attached hydrogens (tertiary/aromatic N) is 2. The molecule has 160 valence electrons. The molecule has 0 aliphatic carbocycles. The Balaban J connectivity index is 1.14. The summed E-state index contributed by atoms with van der Waals surface area (Å²) in [5.41, 5.74) is 2.41. The third-order valence-electron chi connectivity index (χ3n) is 5.57. The van der Waals surface area contributed by atoms with Crippen LogP contribution < -0.4 is 19.5 Å². The van der Waals surface area contributed by atoms with Gasteiger partial charge in [-0.3, -0.25) is 14.6 Å². The topological polar surface area (TPSA) is 63.3 Å². The van der Waals surface area contributed by atoms with Gasteiger partial charge in [-0.15, -0.1) is 0 Å². The third kappa shape index (κ3) is 5.43. The highest BCUT2D eigenvalue weighted by Crippen LogP contribution is 2.32. The molecule has 1 fully saturated rings. The molecule has 2 aromatic carbocycles. The number of carbonyl (C=O) groups is 1. The van der Waals surface area contributed by atoms with Crippen LogP contribution in [0.3, 0.4) is 0 Å². The van der Waals surface area contributed by atoms with E-state index in [0.29, 0.717) is 19.9 Å². The lowest BCUT2D eigenvalue weighted by Gasteiger charge is -2.34. The molecule has 0 radical (unpaired) electrons. The number of amides is 1. The van der Waals surface area contributed by atoms with Crippen LogP contribution in [0.15, 0.2) is 42.5 Å². The summed E-state index contributed by atoms with van der Waals surface area (Å²) < 4.78 is 16.0. The lowest BCUT2D eigenvalue weighted by Crippen LogP contribution is -2.49. The second kappa shape index (κ2) is 9.82. The number of fused-ring (bicyclic) bond motifs is 1. The molecule has 1 amide bonds. The molecule has 2 aliphatic rings. The molecule has 30 heavy (non-hydrogen) atoms. The van der Waals surface area contributed by atoms with E-state index in [1.165, 1.54) is 11.1 Å². The van der Waals surface area contributed by atoms with E-state index in [4.69, 9.17) is 14.2 Å². The van der Waals surface area contributed by atoms with Crippen molar-refractivity contribution in [3.63, 3.8) is 0 Å². The Labute approximate surface area is 177 Å². The van der Waals surface area contributed by atoms with E-state index in [1.54, 1.807) is 7.11 Å². The monoisotopic (exact) mass is 411 g/mol. The number of piperazine rings is 1. The van der Waals surface area contributed by atoms with E-state index in [2.05, 4.69) is 27.2 Å². The Kier molecular flexibility index (Phi) is 6.71. The maximum absolute atomic E-state index is 12.3. The average molecular weight is 412 g/mol. The maximum Gasteiger partial charge on any atom is 0.234 e. The Morgan fingerprint density at radius 1 is 0.967 bits per heavy atom. The molecule has 4 rings (SSSR count). The van der Waals surface area contributed by atoms with Crippen molar-refractivity contribution in [2.75, 3.05) is 53.2 Å². The molecular formula is C23H29N3O4. The zero-order valence-electron chi connectivity index (χ0n) is 17.4. The number of benzene rings is 2. The Morgan fingerprint density at radius 3 is 2.43 bits per heavy atom. The van der Waals surface area contributed by atoms with Gasteiger partial charge in [0.25, 0.3) is 0 Å². The number of ether oxygens (including phenoxy) is 3. The molecule has 2 heterocycles. The molecule has 7 nitrogen and oxygen atoms in total. The first-order valence-corrected chi connectivity index (χ1v) is 10.4. The van der Waals surface area contributed by atoms with Gasteiger partial charge in [-0.05, 0) is 41.8 Å². The summed E-state index contributed by atoms with van der Waals surface area (Å²) in [7, 11) is 1.66. The van der Waals surface area contributed by atoms with Crippen LogP contribution in [0, 0.1) is 0 Å². The summed E-state index contributed by atoms with van der Waals surface area (Å²) in [4.78, 5) is 16.9. The van der Waals surface area contributed by atoms with Crippen molar-refractivity contribution in [3.05, 3.63) is 53.6 Å². The predicted octanol–water partition coefficient (Wildman–Crippen LogP) is 1.90. The largest absolute Gasteiger partial charge is 0.497 e. The van der Waals surface area contributed by atoms with Crippen molar-refractivity contribution in [2.24, 2.45) is 0 Å².